The maximum absolute atomic E-state index is 12.7. The smallest absolute Gasteiger partial charge is 0.312 e. The van der Waals surface area contributed by atoms with Crippen molar-refractivity contribution in [2.24, 2.45) is 0 Å². The maximum atomic E-state index is 12.7. The van der Waals surface area contributed by atoms with Crippen molar-refractivity contribution in [2.75, 3.05) is 11.3 Å². The summed E-state index contributed by atoms with van der Waals surface area (Å²) in [7, 11) is -4.16. The lowest BCUT2D eigenvalue weighted by Gasteiger charge is -2.14. The third kappa shape index (κ3) is 3.75. The minimum Gasteiger partial charge on any atom is -0.502 e. The van der Waals surface area contributed by atoms with Gasteiger partial charge in [-0.3, -0.25) is 14.8 Å². The normalized spacial score (nSPS) is 15.7. The highest BCUT2D eigenvalue weighted by atomic mass is 32.2. The Morgan fingerprint density at radius 2 is 2.11 bits per heavy atom. The Morgan fingerprint density at radius 3 is 2.78 bits per heavy atom. The first-order valence-electron chi connectivity index (χ1n) is 8.18. The number of anilines is 1. The number of nitrogens with zero attached hydrogens (tertiary/aromatic N) is 1. The van der Waals surface area contributed by atoms with Gasteiger partial charge >= 0.3 is 5.69 Å². The summed E-state index contributed by atoms with van der Waals surface area (Å²) in [5.41, 5.74) is 0.378. The van der Waals surface area contributed by atoms with E-state index in [4.69, 9.17) is 9.47 Å². The number of hydrogen-bond donors (Lipinski definition) is 2. The van der Waals surface area contributed by atoms with Gasteiger partial charge in [0.2, 0.25) is 0 Å². The van der Waals surface area contributed by atoms with Gasteiger partial charge in [-0.05, 0) is 32.0 Å². The molecule has 0 radical (unpaired) electrons. The lowest BCUT2D eigenvalue weighted by Crippen LogP contribution is -2.14. The Balaban J connectivity index is 2.00. The molecule has 2 aromatic rings. The largest absolute Gasteiger partial charge is 0.502 e. The predicted molar refractivity (Wildman–Crippen MR) is 97.0 cm³/mol. The van der Waals surface area contributed by atoms with Gasteiger partial charge in [-0.15, -0.1) is 0 Å². The molecule has 27 heavy (non-hydrogen) atoms. The average Bonchev–Trinajstić information content (AvgIpc) is 2.94. The second kappa shape index (κ2) is 6.95. The fourth-order valence-corrected chi connectivity index (χ4v) is 3.90. The summed E-state index contributed by atoms with van der Waals surface area (Å²) in [6, 6.07) is 6.10. The van der Waals surface area contributed by atoms with Crippen LogP contribution in [-0.4, -0.2) is 31.2 Å². The van der Waals surface area contributed by atoms with E-state index in [1.807, 2.05) is 6.92 Å². The molecule has 0 saturated carbocycles. The summed E-state index contributed by atoms with van der Waals surface area (Å²) < 4.78 is 39.0. The standard InChI is InChI=1S/C17H18N2O7S/c1-3-25-17-7-11-6-10(2)26-16(11)9-13(17)18-27(23,24)12-4-5-15(20)14(8-12)19(21)22/h4-5,7-10,18,20H,3,6H2,1-2H3/t10-/m0/s1. The summed E-state index contributed by atoms with van der Waals surface area (Å²) in [6.07, 6.45) is 0.660. The first kappa shape index (κ1) is 18.8. The number of aromatic hydroxyl groups is 1. The summed E-state index contributed by atoms with van der Waals surface area (Å²) in [4.78, 5) is 9.74. The van der Waals surface area contributed by atoms with Gasteiger partial charge in [0.1, 0.15) is 17.6 Å². The molecular formula is C17H18N2O7S. The lowest BCUT2D eigenvalue weighted by atomic mass is 10.1. The zero-order valence-electron chi connectivity index (χ0n) is 14.6. The van der Waals surface area contributed by atoms with Crippen molar-refractivity contribution in [3.05, 3.63) is 46.0 Å². The number of hydrogen-bond acceptors (Lipinski definition) is 7. The number of nitro benzene ring substituents is 1. The van der Waals surface area contributed by atoms with Gasteiger partial charge in [0, 0.05) is 24.1 Å². The molecule has 144 valence electrons. The van der Waals surface area contributed by atoms with E-state index >= 15 is 0 Å². The van der Waals surface area contributed by atoms with E-state index in [9.17, 15) is 23.6 Å². The Hall–Kier alpha value is -3.01. The van der Waals surface area contributed by atoms with Gasteiger partial charge in [-0.1, -0.05) is 0 Å². The van der Waals surface area contributed by atoms with E-state index in [0.717, 1.165) is 23.8 Å². The van der Waals surface area contributed by atoms with Crippen LogP contribution in [0.25, 0.3) is 0 Å². The number of phenolic OH excluding ortho intramolecular Hbond substituents is 1. The highest BCUT2D eigenvalue weighted by Gasteiger charge is 2.26. The van der Waals surface area contributed by atoms with Crippen molar-refractivity contribution in [3.8, 4) is 17.2 Å². The number of nitro groups is 1. The third-order valence-electron chi connectivity index (χ3n) is 4.00. The highest BCUT2D eigenvalue weighted by molar-refractivity contribution is 7.92. The van der Waals surface area contributed by atoms with Gasteiger partial charge in [0.05, 0.1) is 22.1 Å². The summed E-state index contributed by atoms with van der Waals surface area (Å²) in [6.45, 7) is 4.00. The summed E-state index contributed by atoms with van der Waals surface area (Å²) in [5, 5.41) is 20.5. The molecule has 0 aromatic heterocycles. The number of fused-ring (bicyclic) bond motifs is 1. The van der Waals surface area contributed by atoms with Gasteiger partial charge in [-0.2, -0.15) is 0 Å². The molecule has 1 aliphatic heterocycles. The highest BCUT2D eigenvalue weighted by Crippen LogP contribution is 2.39. The lowest BCUT2D eigenvalue weighted by molar-refractivity contribution is -0.386. The number of benzene rings is 2. The fraction of sp³-hybridized carbons (Fsp3) is 0.294. The first-order chi connectivity index (χ1) is 12.7. The molecule has 1 atom stereocenters. The van der Waals surface area contributed by atoms with Crippen LogP contribution in [0, 0.1) is 10.1 Å². The van der Waals surface area contributed by atoms with Gasteiger partial charge in [-0.25, -0.2) is 8.42 Å². The van der Waals surface area contributed by atoms with Crippen LogP contribution in [0.5, 0.6) is 17.2 Å². The zero-order valence-corrected chi connectivity index (χ0v) is 15.4. The molecule has 0 unspecified atom stereocenters. The molecule has 10 heteroatoms. The van der Waals surface area contributed by atoms with Crippen LogP contribution in [0.2, 0.25) is 0 Å². The van der Waals surface area contributed by atoms with Gasteiger partial charge in [0.25, 0.3) is 10.0 Å². The predicted octanol–water partition coefficient (Wildman–Crippen LogP) is 2.82. The Labute approximate surface area is 155 Å². The van der Waals surface area contributed by atoms with Gasteiger partial charge in [0.15, 0.2) is 5.75 Å². The molecule has 9 nitrogen and oxygen atoms in total. The van der Waals surface area contributed by atoms with Crippen molar-refractivity contribution in [1.29, 1.82) is 0 Å². The molecule has 1 aliphatic rings. The number of nitrogens with one attached hydrogen (secondary N) is 1. The van der Waals surface area contributed by atoms with E-state index in [0.29, 0.717) is 24.5 Å². The van der Waals surface area contributed by atoms with Crippen molar-refractivity contribution in [2.45, 2.75) is 31.3 Å². The SMILES string of the molecule is CCOc1cc2c(cc1NS(=O)(=O)c1ccc(O)c([N+](=O)[O-])c1)O[C@@H](C)C2. The zero-order chi connectivity index (χ0) is 19.8. The number of phenols is 1. The topological polar surface area (TPSA) is 128 Å². The average molecular weight is 394 g/mol. The molecule has 2 aromatic carbocycles. The van der Waals surface area contributed by atoms with Crippen LogP contribution >= 0.6 is 0 Å². The van der Waals surface area contributed by atoms with Crippen molar-refractivity contribution in [1.82, 2.24) is 0 Å². The second-order valence-corrected chi connectivity index (χ2v) is 7.72. The van der Waals surface area contributed by atoms with E-state index in [2.05, 4.69) is 4.72 Å². The fourth-order valence-electron chi connectivity index (χ4n) is 2.81. The third-order valence-corrected chi connectivity index (χ3v) is 5.36. The van der Waals surface area contributed by atoms with Crippen LogP contribution in [0.15, 0.2) is 35.2 Å². The number of rotatable bonds is 6. The Bertz CT molecular complexity index is 1000. The molecule has 1 heterocycles. The molecular weight excluding hydrogens is 376 g/mol. The molecule has 0 bridgehead atoms. The van der Waals surface area contributed by atoms with Crippen LogP contribution in [0.1, 0.15) is 19.4 Å². The van der Waals surface area contributed by atoms with E-state index in [1.165, 1.54) is 6.07 Å². The van der Waals surface area contributed by atoms with Crippen LogP contribution in [0.4, 0.5) is 11.4 Å². The van der Waals surface area contributed by atoms with Crippen LogP contribution in [-0.2, 0) is 16.4 Å². The second-order valence-electron chi connectivity index (χ2n) is 6.03. The van der Waals surface area contributed by atoms with E-state index in [1.54, 1.807) is 13.0 Å². The van der Waals surface area contributed by atoms with E-state index in [-0.39, 0.29) is 16.7 Å². The van der Waals surface area contributed by atoms with Crippen molar-refractivity contribution >= 4 is 21.4 Å². The number of ether oxygens (including phenoxy) is 2. The van der Waals surface area contributed by atoms with Crippen LogP contribution < -0.4 is 14.2 Å². The summed E-state index contributed by atoms with van der Waals surface area (Å²) in [5.74, 6) is 0.278. The van der Waals surface area contributed by atoms with Gasteiger partial charge < -0.3 is 14.6 Å². The van der Waals surface area contributed by atoms with E-state index < -0.39 is 26.4 Å². The first-order valence-corrected chi connectivity index (χ1v) is 9.66. The minimum atomic E-state index is -4.16. The molecule has 3 rings (SSSR count). The van der Waals surface area contributed by atoms with Crippen molar-refractivity contribution in [3.63, 3.8) is 0 Å². The molecule has 0 aliphatic carbocycles. The molecule has 2 N–H and O–H groups in total. The molecule has 0 fully saturated rings. The van der Waals surface area contributed by atoms with Crippen molar-refractivity contribution < 1.29 is 27.9 Å². The summed E-state index contributed by atoms with van der Waals surface area (Å²) >= 11 is 0. The van der Waals surface area contributed by atoms with Crippen LogP contribution in [0.3, 0.4) is 0 Å². The quantitative estimate of drug-likeness (QED) is 0.569. The minimum absolute atomic E-state index is 0.0268. The number of sulfonamides is 1. The molecule has 0 saturated heterocycles. The maximum Gasteiger partial charge on any atom is 0.312 e. The molecule has 0 spiro atoms. The Kier molecular flexibility index (Phi) is 4.83. The monoisotopic (exact) mass is 394 g/mol. The molecule has 0 amide bonds. The Morgan fingerprint density at radius 1 is 1.37 bits per heavy atom.